The number of nitrogens with zero attached hydrogens (tertiary/aromatic N) is 2. The standard InChI is InChI=1S/C22H21N3O/c1-2-3-14-19-21(18(15-23)22(24)25(19)26)20(16-10-6-4-7-11-16)17-12-8-5-9-13-17/h4-13H,2-3,14,24H2,1H3. The third-order valence-electron chi connectivity index (χ3n) is 4.51. The molecule has 2 aromatic rings. The predicted octanol–water partition coefficient (Wildman–Crippen LogP) is 4.34. The van der Waals surface area contributed by atoms with Gasteiger partial charge >= 0.3 is 0 Å². The van der Waals surface area contributed by atoms with Gasteiger partial charge in [-0.3, -0.25) is 5.73 Å². The first-order chi connectivity index (χ1) is 12.7. The highest BCUT2D eigenvalue weighted by Gasteiger charge is 2.33. The van der Waals surface area contributed by atoms with Crippen molar-refractivity contribution in [3.05, 3.63) is 94.0 Å². The maximum absolute atomic E-state index is 12.7. The van der Waals surface area contributed by atoms with Gasteiger partial charge in [0.25, 0.3) is 5.82 Å². The fourth-order valence-electron chi connectivity index (χ4n) is 3.24. The van der Waals surface area contributed by atoms with Gasteiger partial charge in [0.2, 0.25) is 0 Å². The van der Waals surface area contributed by atoms with Crippen LogP contribution in [-0.2, 0) is 0 Å². The molecule has 1 aliphatic heterocycles. The zero-order valence-corrected chi connectivity index (χ0v) is 14.8. The van der Waals surface area contributed by atoms with Crippen LogP contribution in [0.2, 0.25) is 0 Å². The van der Waals surface area contributed by atoms with Crippen molar-refractivity contribution in [2.45, 2.75) is 26.2 Å². The molecule has 0 fully saturated rings. The summed E-state index contributed by atoms with van der Waals surface area (Å²) in [6.45, 7) is 2.07. The Bertz CT molecular complexity index is 891. The minimum Gasteiger partial charge on any atom is -0.710 e. The molecule has 0 bridgehead atoms. The topological polar surface area (TPSA) is 75.9 Å². The minimum absolute atomic E-state index is 0.0158. The molecule has 0 aromatic heterocycles. The van der Waals surface area contributed by atoms with Crippen molar-refractivity contribution in [1.82, 2.24) is 0 Å². The van der Waals surface area contributed by atoms with Crippen LogP contribution in [0.15, 0.2) is 77.6 Å². The largest absolute Gasteiger partial charge is 0.710 e. The number of rotatable bonds is 5. The van der Waals surface area contributed by atoms with E-state index in [9.17, 15) is 10.5 Å². The highest BCUT2D eigenvalue weighted by molar-refractivity contribution is 6.12. The van der Waals surface area contributed by atoms with Crippen LogP contribution in [0.3, 0.4) is 0 Å². The molecule has 26 heavy (non-hydrogen) atoms. The molecule has 130 valence electrons. The van der Waals surface area contributed by atoms with Crippen molar-refractivity contribution in [1.29, 1.82) is 5.26 Å². The van der Waals surface area contributed by atoms with Crippen LogP contribution in [0, 0.1) is 16.5 Å². The predicted molar refractivity (Wildman–Crippen MR) is 104 cm³/mol. The van der Waals surface area contributed by atoms with E-state index in [-0.39, 0.29) is 11.4 Å². The Labute approximate surface area is 153 Å². The number of unbranched alkanes of at least 4 members (excludes halogenated alkanes) is 1. The van der Waals surface area contributed by atoms with Gasteiger partial charge in [-0.05, 0) is 17.5 Å². The highest BCUT2D eigenvalue weighted by Crippen LogP contribution is 2.35. The lowest BCUT2D eigenvalue weighted by Crippen LogP contribution is -2.15. The maximum atomic E-state index is 12.7. The van der Waals surface area contributed by atoms with Gasteiger partial charge in [-0.2, -0.15) is 5.26 Å². The van der Waals surface area contributed by atoms with E-state index in [4.69, 9.17) is 5.73 Å². The maximum Gasteiger partial charge on any atom is 0.294 e. The molecule has 0 atom stereocenters. The van der Waals surface area contributed by atoms with E-state index < -0.39 is 0 Å². The van der Waals surface area contributed by atoms with Crippen molar-refractivity contribution in [3.63, 3.8) is 0 Å². The first kappa shape index (κ1) is 17.5. The number of nitriles is 1. The Morgan fingerprint density at radius 1 is 1.04 bits per heavy atom. The van der Waals surface area contributed by atoms with Crippen LogP contribution in [0.4, 0.5) is 0 Å². The van der Waals surface area contributed by atoms with E-state index in [2.05, 4.69) is 13.0 Å². The first-order valence-corrected chi connectivity index (χ1v) is 8.77. The van der Waals surface area contributed by atoms with Gasteiger partial charge < -0.3 is 5.21 Å². The molecular formula is C22H21N3O. The summed E-state index contributed by atoms with van der Waals surface area (Å²) in [5.74, 6) is -0.0158. The third-order valence-corrected chi connectivity index (χ3v) is 4.51. The smallest absolute Gasteiger partial charge is 0.294 e. The fraction of sp³-hybridized carbons (Fsp3) is 0.182. The summed E-state index contributed by atoms with van der Waals surface area (Å²) < 4.78 is 0.732. The van der Waals surface area contributed by atoms with E-state index in [0.29, 0.717) is 17.7 Å². The summed E-state index contributed by atoms with van der Waals surface area (Å²) in [7, 11) is 0. The molecule has 0 radical (unpaired) electrons. The van der Waals surface area contributed by atoms with Crippen LogP contribution >= 0.6 is 0 Å². The number of hydroxylamine groups is 1. The number of hydrogen-bond donors (Lipinski definition) is 1. The average Bonchev–Trinajstić information content (AvgIpc) is 2.92. The first-order valence-electron chi connectivity index (χ1n) is 8.77. The summed E-state index contributed by atoms with van der Waals surface area (Å²) in [6.07, 6.45) is 2.41. The Hall–Kier alpha value is -3.32. The van der Waals surface area contributed by atoms with Crippen molar-refractivity contribution in [2.24, 2.45) is 5.73 Å². The van der Waals surface area contributed by atoms with E-state index in [1.54, 1.807) is 0 Å². The van der Waals surface area contributed by atoms with Crippen molar-refractivity contribution in [3.8, 4) is 6.07 Å². The molecule has 0 aliphatic carbocycles. The lowest BCUT2D eigenvalue weighted by atomic mass is 9.87. The number of hydrogen-bond acceptors (Lipinski definition) is 3. The van der Waals surface area contributed by atoms with Crippen LogP contribution in [0.1, 0.15) is 37.3 Å². The SMILES string of the molecule is CCCCC1=[N+]([O-])C(N)=C(C#N)C1=C(c1ccccc1)c1ccccc1. The average molecular weight is 343 g/mol. The van der Waals surface area contributed by atoms with Crippen molar-refractivity contribution < 1.29 is 4.74 Å². The molecule has 1 heterocycles. The quantitative estimate of drug-likeness (QED) is 0.648. The van der Waals surface area contributed by atoms with Crippen LogP contribution in [0.25, 0.3) is 5.57 Å². The molecule has 0 amide bonds. The lowest BCUT2D eigenvalue weighted by Gasteiger charge is -2.15. The van der Waals surface area contributed by atoms with Gasteiger partial charge in [0.1, 0.15) is 11.8 Å². The Morgan fingerprint density at radius 2 is 1.58 bits per heavy atom. The second kappa shape index (κ2) is 7.71. The molecule has 2 aromatic carbocycles. The number of benzene rings is 2. The molecule has 0 spiro atoms. The van der Waals surface area contributed by atoms with Gasteiger partial charge in [-0.1, -0.05) is 74.0 Å². The molecule has 0 saturated heterocycles. The van der Waals surface area contributed by atoms with Gasteiger partial charge in [0, 0.05) is 12.0 Å². The van der Waals surface area contributed by atoms with E-state index in [1.165, 1.54) is 0 Å². The number of allylic oxidation sites excluding steroid dienone is 2. The monoisotopic (exact) mass is 343 g/mol. The molecule has 4 heteroatoms. The molecule has 1 aliphatic rings. The molecule has 3 rings (SSSR count). The summed E-state index contributed by atoms with van der Waals surface area (Å²) in [6, 6.07) is 21.8. The van der Waals surface area contributed by atoms with Crippen LogP contribution in [-0.4, -0.2) is 10.5 Å². The fourth-order valence-corrected chi connectivity index (χ4v) is 3.24. The van der Waals surface area contributed by atoms with Crippen LogP contribution in [0.5, 0.6) is 0 Å². The zero-order valence-electron chi connectivity index (χ0n) is 14.8. The van der Waals surface area contributed by atoms with Crippen molar-refractivity contribution >= 4 is 11.3 Å². The third kappa shape index (κ3) is 3.12. The Kier molecular flexibility index (Phi) is 5.19. The minimum atomic E-state index is -0.0158. The van der Waals surface area contributed by atoms with Gasteiger partial charge in [0.15, 0.2) is 5.57 Å². The molecule has 0 unspecified atom stereocenters. The number of nitrogens with two attached hydrogens (primary N) is 1. The van der Waals surface area contributed by atoms with Crippen LogP contribution < -0.4 is 5.73 Å². The van der Waals surface area contributed by atoms with Crippen molar-refractivity contribution in [2.75, 3.05) is 0 Å². The summed E-state index contributed by atoms with van der Waals surface area (Å²) in [4.78, 5) is 0. The molecule has 2 N–H and O–H groups in total. The molecular weight excluding hydrogens is 322 g/mol. The van der Waals surface area contributed by atoms with E-state index in [0.717, 1.165) is 34.3 Å². The summed E-state index contributed by atoms with van der Waals surface area (Å²) >= 11 is 0. The highest BCUT2D eigenvalue weighted by atomic mass is 16.5. The Morgan fingerprint density at radius 3 is 2.04 bits per heavy atom. The second-order valence-electron chi connectivity index (χ2n) is 6.20. The zero-order chi connectivity index (χ0) is 18.5. The lowest BCUT2D eigenvalue weighted by molar-refractivity contribution is -0.400. The second-order valence-corrected chi connectivity index (χ2v) is 6.20. The van der Waals surface area contributed by atoms with Gasteiger partial charge in [-0.25, -0.2) is 4.74 Å². The van der Waals surface area contributed by atoms with Gasteiger partial charge in [0.05, 0.1) is 5.57 Å². The summed E-state index contributed by atoms with van der Waals surface area (Å²) in [5.41, 5.74) is 10.3. The molecule has 0 saturated carbocycles. The van der Waals surface area contributed by atoms with E-state index in [1.807, 2.05) is 60.7 Å². The van der Waals surface area contributed by atoms with Gasteiger partial charge in [-0.15, -0.1) is 0 Å². The van der Waals surface area contributed by atoms with E-state index >= 15 is 0 Å². The summed E-state index contributed by atoms with van der Waals surface area (Å²) in [5, 5.41) is 22.4. The Balaban J connectivity index is 2.34. The normalized spacial score (nSPS) is 13.9. The molecule has 4 nitrogen and oxygen atoms in total.